The molecule has 0 radical (unpaired) electrons. The first-order valence-corrected chi connectivity index (χ1v) is 7.05. The van der Waals surface area contributed by atoms with Gasteiger partial charge in [0.05, 0.1) is 11.4 Å². The van der Waals surface area contributed by atoms with Gasteiger partial charge in [0.2, 0.25) is 11.7 Å². The number of nitrogens with zero attached hydrogens (tertiary/aromatic N) is 3. The summed E-state index contributed by atoms with van der Waals surface area (Å²) in [4.78, 5) is 7.80. The topological polar surface area (TPSA) is 68.2 Å². The summed E-state index contributed by atoms with van der Waals surface area (Å²) in [5.74, 6) is 1.36. The SMILES string of the molecule is NCC1CCCN1Cc1nc(-c2cccs2)no1. The molecule has 5 nitrogen and oxygen atoms in total. The zero-order chi connectivity index (χ0) is 12.4. The summed E-state index contributed by atoms with van der Waals surface area (Å²) in [6.07, 6.45) is 2.37. The molecule has 3 rings (SSSR count). The van der Waals surface area contributed by atoms with Gasteiger partial charge in [-0.1, -0.05) is 11.2 Å². The summed E-state index contributed by atoms with van der Waals surface area (Å²) in [5.41, 5.74) is 5.75. The number of aromatic nitrogens is 2. The fraction of sp³-hybridized carbons (Fsp3) is 0.500. The lowest BCUT2D eigenvalue weighted by Gasteiger charge is -2.20. The van der Waals surface area contributed by atoms with Crippen LogP contribution in [0.15, 0.2) is 22.0 Å². The number of hydrogen-bond acceptors (Lipinski definition) is 6. The first-order chi connectivity index (χ1) is 8.86. The third-order valence-corrected chi connectivity index (χ3v) is 4.18. The average Bonchev–Trinajstić information content (AvgIpc) is 3.10. The van der Waals surface area contributed by atoms with Gasteiger partial charge in [-0.3, -0.25) is 4.90 Å². The van der Waals surface area contributed by atoms with Gasteiger partial charge < -0.3 is 10.3 Å². The van der Waals surface area contributed by atoms with Crippen LogP contribution in [0.4, 0.5) is 0 Å². The lowest BCUT2D eigenvalue weighted by molar-refractivity contribution is 0.214. The second-order valence-electron chi connectivity index (χ2n) is 4.49. The molecule has 0 aromatic carbocycles. The fourth-order valence-corrected chi connectivity index (χ4v) is 3.02. The summed E-state index contributed by atoms with van der Waals surface area (Å²) < 4.78 is 5.31. The molecule has 3 heterocycles. The molecule has 2 aromatic heterocycles. The molecular formula is C12H16N4OS. The van der Waals surface area contributed by atoms with E-state index in [0.29, 0.717) is 30.8 Å². The Hall–Kier alpha value is -1.24. The van der Waals surface area contributed by atoms with Gasteiger partial charge >= 0.3 is 0 Å². The highest BCUT2D eigenvalue weighted by Crippen LogP contribution is 2.23. The van der Waals surface area contributed by atoms with Crippen molar-refractivity contribution in [2.75, 3.05) is 13.1 Å². The molecule has 0 amide bonds. The second-order valence-corrected chi connectivity index (χ2v) is 5.44. The highest BCUT2D eigenvalue weighted by Gasteiger charge is 2.25. The normalized spacial score (nSPS) is 20.6. The van der Waals surface area contributed by atoms with E-state index in [1.54, 1.807) is 11.3 Å². The van der Waals surface area contributed by atoms with Gasteiger partial charge in [-0.05, 0) is 30.8 Å². The highest BCUT2D eigenvalue weighted by molar-refractivity contribution is 7.13. The molecule has 2 aromatic rings. The minimum absolute atomic E-state index is 0.460. The predicted molar refractivity (Wildman–Crippen MR) is 70.1 cm³/mol. The molecule has 0 spiro atoms. The Kier molecular flexibility index (Phi) is 3.40. The van der Waals surface area contributed by atoms with E-state index < -0.39 is 0 Å². The third-order valence-electron chi connectivity index (χ3n) is 3.32. The number of hydrogen-bond donors (Lipinski definition) is 1. The predicted octanol–water partition coefficient (Wildman–Crippen LogP) is 1.72. The lowest BCUT2D eigenvalue weighted by Crippen LogP contribution is -2.34. The number of nitrogens with two attached hydrogens (primary N) is 1. The van der Waals surface area contributed by atoms with Crippen molar-refractivity contribution in [3.63, 3.8) is 0 Å². The van der Waals surface area contributed by atoms with Gasteiger partial charge in [0, 0.05) is 12.6 Å². The maximum atomic E-state index is 5.75. The molecule has 2 N–H and O–H groups in total. The van der Waals surface area contributed by atoms with Gasteiger partial charge in [0.25, 0.3) is 0 Å². The largest absolute Gasteiger partial charge is 0.338 e. The molecule has 0 aliphatic carbocycles. The van der Waals surface area contributed by atoms with Crippen molar-refractivity contribution in [3.8, 4) is 10.7 Å². The van der Waals surface area contributed by atoms with Crippen molar-refractivity contribution in [3.05, 3.63) is 23.4 Å². The van der Waals surface area contributed by atoms with E-state index in [0.717, 1.165) is 11.4 Å². The van der Waals surface area contributed by atoms with Gasteiger partial charge in [-0.15, -0.1) is 11.3 Å². The van der Waals surface area contributed by atoms with Crippen LogP contribution in [0.25, 0.3) is 10.7 Å². The van der Waals surface area contributed by atoms with E-state index in [-0.39, 0.29) is 0 Å². The highest BCUT2D eigenvalue weighted by atomic mass is 32.1. The van der Waals surface area contributed by atoms with Crippen LogP contribution in [0.5, 0.6) is 0 Å². The maximum absolute atomic E-state index is 5.75. The van der Waals surface area contributed by atoms with Crippen LogP contribution in [0.1, 0.15) is 18.7 Å². The minimum Gasteiger partial charge on any atom is -0.338 e. The Morgan fingerprint density at radius 1 is 1.56 bits per heavy atom. The second kappa shape index (κ2) is 5.17. The molecule has 1 atom stereocenters. The quantitative estimate of drug-likeness (QED) is 0.910. The average molecular weight is 264 g/mol. The van der Waals surface area contributed by atoms with Crippen LogP contribution in [0.3, 0.4) is 0 Å². The van der Waals surface area contributed by atoms with Crippen LogP contribution in [-0.2, 0) is 6.54 Å². The molecule has 1 fully saturated rings. The van der Waals surface area contributed by atoms with Crippen molar-refractivity contribution in [1.29, 1.82) is 0 Å². The molecular weight excluding hydrogens is 248 g/mol. The van der Waals surface area contributed by atoms with Crippen LogP contribution in [0.2, 0.25) is 0 Å². The van der Waals surface area contributed by atoms with E-state index in [1.807, 2.05) is 17.5 Å². The Labute approximate surface area is 110 Å². The Balaban J connectivity index is 1.70. The van der Waals surface area contributed by atoms with Crippen molar-refractivity contribution in [1.82, 2.24) is 15.0 Å². The van der Waals surface area contributed by atoms with Gasteiger partial charge in [-0.25, -0.2) is 0 Å². The van der Waals surface area contributed by atoms with Crippen molar-refractivity contribution in [2.45, 2.75) is 25.4 Å². The Morgan fingerprint density at radius 3 is 3.28 bits per heavy atom. The van der Waals surface area contributed by atoms with Crippen molar-refractivity contribution >= 4 is 11.3 Å². The molecule has 0 saturated carbocycles. The Bertz CT molecular complexity index is 496. The Morgan fingerprint density at radius 2 is 2.50 bits per heavy atom. The monoisotopic (exact) mass is 264 g/mol. The summed E-state index contributed by atoms with van der Waals surface area (Å²) in [7, 11) is 0. The maximum Gasteiger partial charge on any atom is 0.241 e. The number of thiophene rings is 1. The van der Waals surface area contributed by atoms with Crippen LogP contribution in [0, 0.1) is 0 Å². The van der Waals surface area contributed by atoms with Crippen molar-refractivity contribution < 1.29 is 4.52 Å². The van der Waals surface area contributed by atoms with E-state index >= 15 is 0 Å². The van der Waals surface area contributed by atoms with Gasteiger partial charge in [0.1, 0.15) is 0 Å². The molecule has 96 valence electrons. The van der Waals surface area contributed by atoms with Gasteiger partial charge in [0.15, 0.2) is 0 Å². The first-order valence-electron chi connectivity index (χ1n) is 6.17. The molecule has 1 aliphatic heterocycles. The molecule has 6 heteroatoms. The smallest absolute Gasteiger partial charge is 0.241 e. The first kappa shape index (κ1) is 11.8. The summed E-state index contributed by atoms with van der Waals surface area (Å²) in [6.45, 7) is 2.48. The summed E-state index contributed by atoms with van der Waals surface area (Å²) >= 11 is 1.62. The molecule has 18 heavy (non-hydrogen) atoms. The van der Waals surface area contributed by atoms with E-state index in [4.69, 9.17) is 10.3 Å². The molecule has 0 bridgehead atoms. The zero-order valence-corrected chi connectivity index (χ0v) is 10.9. The van der Waals surface area contributed by atoms with E-state index in [1.165, 1.54) is 12.8 Å². The van der Waals surface area contributed by atoms with Crippen LogP contribution < -0.4 is 5.73 Å². The minimum atomic E-state index is 0.460. The van der Waals surface area contributed by atoms with Crippen molar-refractivity contribution in [2.24, 2.45) is 5.73 Å². The fourth-order valence-electron chi connectivity index (χ4n) is 2.37. The molecule has 1 unspecified atom stereocenters. The van der Waals surface area contributed by atoms with E-state index in [9.17, 15) is 0 Å². The third kappa shape index (κ3) is 2.31. The lowest BCUT2D eigenvalue weighted by atomic mass is 10.2. The summed E-state index contributed by atoms with van der Waals surface area (Å²) in [5, 5.41) is 6.03. The van der Waals surface area contributed by atoms with E-state index in [2.05, 4.69) is 15.0 Å². The number of rotatable bonds is 4. The zero-order valence-electron chi connectivity index (χ0n) is 10.1. The van der Waals surface area contributed by atoms with Crippen LogP contribution in [-0.4, -0.2) is 34.2 Å². The standard InChI is InChI=1S/C12H16N4OS/c13-7-9-3-1-5-16(9)8-11-14-12(15-17-11)10-4-2-6-18-10/h2,4,6,9H,1,3,5,7-8,13H2. The van der Waals surface area contributed by atoms with Gasteiger partial charge in [-0.2, -0.15) is 4.98 Å². The molecule has 1 aliphatic rings. The number of likely N-dealkylation sites (tertiary alicyclic amines) is 1. The van der Waals surface area contributed by atoms with Crippen LogP contribution >= 0.6 is 11.3 Å². The summed E-state index contributed by atoms with van der Waals surface area (Å²) in [6, 6.07) is 4.45. The molecule has 1 saturated heterocycles.